The Morgan fingerprint density at radius 2 is 2.29 bits per heavy atom. The van der Waals surface area contributed by atoms with E-state index in [0.29, 0.717) is 22.7 Å². The van der Waals surface area contributed by atoms with Crippen LogP contribution in [0.25, 0.3) is 0 Å². The summed E-state index contributed by atoms with van der Waals surface area (Å²) in [5.74, 6) is 0.817. The first-order valence-corrected chi connectivity index (χ1v) is 5.78. The Morgan fingerprint density at radius 3 is 2.82 bits per heavy atom. The highest BCUT2D eigenvalue weighted by atomic mass is 79.9. The van der Waals surface area contributed by atoms with Crippen molar-refractivity contribution in [2.75, 3.05) is 7.05 Å². The van der Waals surface area contributed by atoms with Gasteiger partial charge in [0.05, 0.1) is 6.54 Å². The van der Waals surface area contributed by atoms with E-state index < -0.39 is 0 Å². The fourth-order valence-electron chi connectivity index (χ4n) is 1.42. The summed E-state index contributed by atoms with van der Waals surface area (Å²) in [6.07, 6.45) is 0. The van der Waals surface area contributed by atoms with Crippen molar-refractivity contribution in [3.8, 4) is 0 Å². The molecule has 0 N–H and O–H groups in total. The molecule has 2 aromatic rings. The number of hydrogen-bond acceptors (Lipinski definition) is 4. The van der Waals surface area contributed by atoms with E-state index in [1.807, 2.05) is 6.92 Å². The van der Waals surface area contributed by atoms with Gasteiger partial charge < -0.3 is 13.8 Å². The molecule has 17 heavy (non-hydrogen) atoms. The van der Waals surface area contributed by atoms with E-state index in [1.54, 1.807) is 25.2 Å². The first-order valence-electron chi connectivity index (χ1n) is 4.99. The van der Waals surface area contributed by atoms with Gasteiger partial charge in [-0.15, -0.1) is 0 Å². The van der Waals surface area contributed by atoms with Crippen molar-refractivity contribution < 1.29 is 13.7 Å². The number of carbonyl (C=O) groups excluding carboxylic acids is 1. The van der Waals surface area contributed by atoms with Crippen molar-refractivity contribution in [2.45, 2.75) is 13.5 Å². The number of amides is 1. The second-order valence-electron chi connectivity index (χ2n) is 3.69. The van der Waals surface area contributed by atoms with Crippen LogP contribution in [0.4, 0.5) is 0 Å². The molecular formula is C11H11BrN2O3. The van der Waals surface area contributed by atoms with Gasteiger partial charge in [0.25, 0.3) is 5.91 Å². The number of rotatable bonds is 3. The topological polar surface area (TPSA) is 59.5 Å². The Labute approximate surface area is 106 Å². The molecule has 2 rings (SSSR count). The van der Waals surface area contributed by atoms with Crippen molar-refractivity contribution in [2.24, 2.45) is 0 Å². The molecule has 0 atom stereocenters. The van der Waals surface area contributed by atoms with Crippen LogP contribution < -0.4 is 0 Å². The monoisotopic (exact) mass is 298 g/mol. The lowest BCUT2D eigenvalue weighted by Crippen LogP contribution is -2.25. The van der Waals surface area contributed by atoms with Crippen LogP contribution in [0.2, 0.25) is 0 Å². The van der Waals surface area contributed by atoms with Gasteiger partial charge in [0.15, 0.2) is 10.4 Å². The molecule has 0 unspecified atom stereocenters. The molecule has 0 aliphatic carbocycles. The fraction of sp³-hybridized carbons (Fsp3) is 0.273. The molecule has 2 heterocycles. The highest BCUT2D eigenvalue weighted by molar-refractivity contribution is 9.10. The molecule has 1 amide bonds. The molecule has 90 valence electrons. The summed E-state index contributed by atoms with van der Waals surface area (Å²) in [6.45, 7) is 2.19. The lowest BCUT2D eigenvalue weighted by Gasteiger charge is -2.13. The third-order valence-electron chi connectivity index (χ3n) is 2.21. The maximum absolute atomic E-state index is 11.9. The van der Waals surface area contributed by atoms with Crippen LogP contribution in [0.3, 0.4) is 0 Å². The zero-order chi connectivity index (χ0) is 12.4. The second-order valence-corrected chi connectivity index (χ2v) is 4.48. The Kier molecular flexibility index (Phi) is 3.33. The highest BCUT2D eigenvalue weighted by Crippen LogP contribution is 2.16. The zero-order valence-electron chi connectivity index (χ0n) is 9.44. The number of furan rings is 1. The number of halogens is 1. The van der Waals surface area contributed by atoms with Crippen LogP contribution in [0.1, 0.15) is 22.0 Å². The maximum Gasteiger partial charge on any atom is 0.289 e. The normalized spacial score (nSPS) is 10.5. The first kappa shape index (κ1) is 11.9. The van der Waals surface area contributed by atoms with E-state index in [1.165, 1.54) is 4.90 Å². The van der Waals surface area contributed by atoms with Crippen LogP contribution in [0.5, 0.6) is 0 Å². The standard InChI is InChI=1S/C11H11BrN2O3/c1-7-5-8(13-17-7)6-14(2)11(15)9-3-4-10(12)16-9/h3-5H,6H2,1-2H3. The molecule has 0 aromatic carbocycles. The molecule has 0 spiro atoms. The van der Waals surface area contributed by atoms with E-state index in [2.05, 4.69) is 21.1 Å². The number of nitrogens with zero attached hydrogens (tertiary/aromatic N) is 2. The predicted octanol–water partition coefficient (Wildman–Crippen LogP) is 2.61. The van der Waals surface area contributed by atoms with E-state index >= 15 is 0 Å². The summed E-state index contributed by atoms with van der Waals surface area (Å²) in [5, 5.41) is 3.83. The summed E-state index contributed by atoms with van der Waals surface area (Å²) in [4.78, 5) is 13.4. The van der Waals surface area contributed by atoms with Gasteiger partial charge in [-0.05, 0) is 35.0 Å². The van der Waals surface area contributed by atoms with Crippen molar-refractivity contribution in [3.05, 3.63) is 40.1 Å². The molecule has 0 saturated carbocycles. The van der Waals surface area contributed by atoms with Crippen LogP contribution in [0, 0.1) is 6.92 Å². The molecule has 0 radical (unpaired) electrons. The Bertz CT molecular complexity index is 532. The van der Waals surface area contributed by atoms with Crippen molar-refractivity contribution in [1.29, 1.82) is 0 Å². The number of hydrogen-bond donors (Lipinski definition) is 0. The lowest BCUT2D eigenvalue weighted by atomic mass is 10.3. The second kappa shape index (κ2) is 4.75. The SMILES string of the molecule is Cc1cc(CN(C)C(=O)c2ccc(Br)o2)no1. The van der Waals surface area contributed by atoms with E-state index in [9.17, 15) is 4.79 Å². The minimum atomic E-state index is -0.198. The number of aromatic nitrogens is 1. The lowest BCUT2D eigenvalue weighted by molar-refractivity contribution is 0.0749. The van der Waals surface area contributed by atoms with Crippen LogP contribution in [-0.4, -0.2) is 23.0 Å². The largest absolute Gasteiger partial charge is 0.444 e. The van der Waals surface area contributed by atoms with Gasteiger partial charge in [0.2, 0.25) is 0 Å². The van der Waals surface area contributed by atoms with Gasteiger partial charge in [-0.2, -0.15) is 0 Å². The van der Waals surface area contributed by atoms with Crippen LogP contribution in [-0.2, 0) is 6.54 Å². The van der Waals surface area contributed by atoms with Crippen LogP contribution in [0.15, 0.2) is 31.8 Å². The third-order valence-corrected chi connectivity index (χ3v) is 2.63. The Balaban J connectivity index is 2.05. The van der Waals surface area contributed by atoms with E-state index in [4.69, 9.17) is 8.94 Å². The van der Waals surface area contributed by atoms with Gasteiger partial charge in [0, 0.05) is 13.1 Å². The minimum Gasteiger partial charge on any atom is -0.444 e. The molecule has 6 heteroatoms. The van der Waals surface area contributed by atoms with Crippen molar-refractivity contribution >= 4 is 21.8 Å². The van der Waals surface area contributed by atoms with Crippen LogP contribution >= 0.6 is 15.9 Å². The first-order chi connectivity index (χ1) is 8.06. The Morgan fingerprint density at radius 1 is 1.53 bits per heavy atom. The molecule has 5 nitrogen and oxygen atoms in total. The van der Waals surface area contributed by atoms with E-state index in [0.717, 1.165) is 5.76 Å². The van der Waals surface area contributed by atoms with Gasteiger partial charge in [0.1, 0.15) is 11.5 Å². The van der Waals surface area contributed by atoms with Gasteiger partial charge in [-0.1, -0.05) is 5.16 Å². The summed E-state index contributed by atoms with van der Waals surface area (Å²) in [5.41, 5.74) is 0.712. The van der Waals surface area contributed by atoms with Crippen molar-refractivity contribution in [1.82, 2.24) is 10.1 Å². The minimum absolute atomic E-state index is 0.198. The van der Waals surface area contributed by atoms with Gasteiger partial charge >= 0.3 is 0 Å². The van der Waals surface area contributed by atoms with Gasteiger partial charge in [-0.3, -0.25) is 4.79 Å². The van der Waals surface area contributed by atoms with Gasteiger partial charge in [-0.25, -0.2) is 0 Å². The molecule has 0 saturated heterocycles. The average Bonchev–Trinajstić information content (AvgIpc) is 2.87. The summed E-state index contributed by atoms with van der Waals surface area (Å²) >= 11 is 3.15. The maximum atomic E-state index is 11.9. The predicted molar refractivity (Wildman–Crippen MR) is 63.4 cm³/mol. The molecule has 0 aliphatic rings. The summed E-state index contributed by atoms with van der Waals surface area (Å²) < 4.78 is 10.7. The van der Waals surface area contributed by atoms with Crippen molar-refractivity contribution in [3.63, 3.8) is 0 Å². The molecule has 0 bridgehead atoms. The average molecular weight is 299 g/mol. The molecule has 0 aliphatic heterocycles. The molecule has 0 fully saturated rings. The summed E-state index contributed by atoms with van der Waals surface area (Å²) in [7, 11) is 1.68. The highest BCUT2D eigenvalue weighted by Gasteiger charge is 2.16. The molecular weight excluding hydrogens is 288 g/mol. The fourth-order valence-corrected chi connectivity index (χ4v) is 1.73. The van der Waals surface area contributed by atoms with E-state index in [-0.39, 0.29) is 5.91 Å². The number of carbonyl (C=O) groups is 1. The third kappa shape index (κ3) is 2.76. The zero-order valence-corrected chi connectivity index (χ0v) is 11.0. The number of aryl methyl sites for hydroxylation is 1. The quantitative estimate of drug-likeness (QED) is 0.874. The smallest absolute Gasteiger partial charge is 0.289 e. The Hall–Kier alpha value is -1.56. The molecule has 2 aromatic heterocycles. The summed E-state index contributed by atoms with van der Waals surface area (Å²) in [6, 6.07) is 5.10.